The van der Waals surface area contributed by atoms with Crippen LogP contribution in [0.25, 0.3) is 27.8 Å². The van der Waals surface area contributed by atoms with Crippen molar-refractivity contribution in [3.63, 3.8) is 0 Å². The van der Waals surface area contributed by atoms with Crippen LogP contribution < -0.4 is 9.47 Å². The lowest BCUT2D eigenvalue weighted by Crippen LogP contribution is -2.05. The maximum atomic E-state index is 11.5. The van der Waals surface area contributed by atoms with Gasteiger partial charge in [0.25, 0.3) is 0 Å². The molecular formula is C24H19N5O3. The maximum Gasteiger partial charge on any atom is 0.192 e. The van der Waals surface area contributed by atoms with Crippen molar-refractivity contribution in [2.45, 2.75) is 13.5 Å². The molecule has 0 aliphatic carbocycles. The Labute approximate surface area is 183 Å². The van der Waals surface area contributed by atoms with E-state index >= 15 is 0 Å². The smallest absolute Gasteiger partial charge is 0.192 e. The van der Waals surface area contributed by atoms with E-state index in [1.165, 1.54) is 0 Å². The van der Waals surface area contributed by atoms with Crippen LogP contribution in [0.3, 0.4) is 0 Å². The van der Waals surface area contributed by atoms with Gasteiger partial charge < -0.3 is 9.47 Å². The van der Waals surface area contributed by atoms with Crippen molar-refractivity contribution in [1.29, 1.82) is 0 Å². The molecule has 3 aromatic heterocycles. The minimum Gasteiger partial charge on any atom is -0.497 e. The number of hydrogen-bond acceptors (Lipinski definition) is 7. The number of ketones is 1. The van der Waals surface area contributed by atoms with Gasteiger partial charge in [0.05, 0.1) is 18.3 Å². The van der Waals surface area contributed by atoms with Crippen molar-refractivity contribution >= 4 is 22.3 Å². The van der Waals surface area contributed by atoms with E-state index in [9.17, 15) is 4.79 Å². The fraction of sp³-hybridized carbons (Fsp3) is 0.125. The number of carbonyl (C=O) groups excluding carboxylic acids is 1. The van der Waals surface area contributed by atoms with E-state index in [2.05, 4.69) is 20.3 Å². The van der Waals surface area contributed by atoms with Gasteiger partial charge in [-0.2, -0.15) is 9.61 Å². The predicted octanol–water partition coefficient (Wildman–Crippen LogP) is 4.13. The van der Waals surface area contributed by atoms with Crippen LogP contribution in [0.2, 0.25) is 0 Å². The number of nitrogens with zero attached hydrogens (tertiary/aromatic N) is 5. The zero-order valence-electron chi connectivity index (χ0n) is 17.5. The number of benzene rings is 2. The second-order valence-corrected chi connectivity index (χ2v) is 7.22. The van der Waals surface area contributed by atoms with Gasteiger partial charge in [-0.3, -0.25) is 9.78 Å². The zero-order valence-corrected chi connectivity index (χ0v) is 17.5. The van der Waals surface area contributed by atoms with Crippen molar-refractivity contribution in [2.75, 3.05) is 7.11 Å². The van der Waals surface area contributed by atoms with E-state index < -0.39 is 0 Å². The average Bonchev–Trinajstić information content (AvgIpc) is 3.24. The van der Waals surface area contributed by atoms with E-state index in [0.29, 0.717) is 22.8 Å². The Morgan fingerprint density at radius 3 is 2.62 bits per heavy atom. The Kier molecular flexibility index (Phi) is 4.95. The molecule has 0 fully saturated rings. The van der Waals surface area contributed by atoms with Crippen LogP contribution >= 0.6 is 0 Å². The molecule has 0 radical (unpaired) electrons. The van der Waals surface area contributed by atoms with Crippen LogP contribution in [-0.4, -0.2) is 37.7 Å². The number of hydrogen-bond donors (Lipinski definition) is 0. The molecule has 0 saturated heterocycles. The molecule has 0 unspecified atom stereocenters. The van der Waals surface area contributed by atoms with Crippen molar-refractivity contribution in [3.8, 4) is 22.8 Å². The number of carbonyl (C=O) groups is 1. The standard InChI is InChI=1S/C24H19N5O3/c1-15(30)16-3-5-17(6-4-16)20-9-10-23-26-27-24(29(23)28-20)14-32-22-11-12-25-21-13-18(31-2)7-8-19(21)22/h3-13H,14H2,1-2H3. The Balaban J connectivity index is 1.43. The molecule has 0 atom stereocenters. The summed E-state index contributed by atoms with van der Waals surface area (Å²) in [6, 6.07) is 18.5. The van der Waals surface area contributed by atoms with E-state index in [-0.39, 0.29) is 12.4 Å². The number of Topliss-reactive ketones (excluding diaryl/α,β-unsaturated/α-hetero) is 1. The molecule has 3 heterocycles. The molecule has 0 amide bonds. The van der Waals surface area contributed by atoms with Crippen molar-refractivity contribution in [2.24, 2.45) is 0 Å². The number of rotatable bonds is 6. The summed E-state index contributed by atoms with van der Waals surface area (Å²) < 4.78 is 13.0. The van der Waals surface area contributed by atoms with Crippen LogP contribution in [0, 0.1) is 0 Å². The van der Waals surface area contributed by atoms with E-state index in [1.54, 1.807) is 36.9 Å². The van der Waals surface area contributed by atoms with E-state index in [1.807, 2.05) is 48.5 Å². The van der Waals surface area contributed by atoms with Crippen LogP contribution in [-0.2, 0) is 6.61 Å². The summed E-state index contributed by atoms with van der Waals surface area (Å²) in [5, 5.41) is 14.0. The predicted molar refractivity (Wildman–Crippen MR) is 119 cm³/mol. The molecular weight excluding hydrogens is 406 g/mol. The molecule has 32 heavy (non-hydrogen) atoms. The van der Waals surface area contributed by atoms with Gasteiger partial charge in [-0.15, -0.1) is 10.2 Å². The second kappa shape index (κ2) is 8.07. The minimum absolute atomic E-state index is 0.0280. The van der Waals surface area contributed by atoms with E-state index in [0.717, 1.165) is 27.9 Å². The third-order valence-electron chi connectivity index (χ3n) is 5.18. The van der Waals surface area contributed by atoms with Crippen LogP contribution in [0.1, 0.15) is 23.1 Å². The van der Waals surface area contributed by atoms with Crippen LogP contribution in [0.4, 0.5) is 0 Å². The van der Waals surface area contributed by atoms with Gasteiger partial charge in [0.15, 0.2) is 17.3 Å². The topological polar surface area (TPSA) is 91.5 Å². The van der Waals surface area contributed by atoms with Crippen molar-refractivity contribution < 1.29 is 14.3 Å². The summed E-state index contributed by atoms with van der Waals surface area (Å²) >= 11 is 0. The lowest BCUT2D eigenvalue weighted by Gasteiger charge is -2.09. The monoisotopic (exact) mass is 425 g/mol. The SMILES string of the molecule is COc1ccc2c(OCc3nnc4ccc(-c5ccc(C(C)=O)cc5)nn34)ccnc2c1. The first-order chi connectivity index (χ1) is 15.6. The summed E-state index contributed by atoms with van der Waals surface area (Å²) in [5.41, 5.74) is 3.71. The first-order valence-electron chi connectivity index (χ1n) is 10.0. The third-order valence-corrected chi connectivity index (χ3v) is 5.18. The van der Waals surface area contributed by atoms with Gasteiger partial charge >= 0.3 is 0 Å². The summed E-state index contributed by atoms with van der Waals surface area (Å²) in [4.78, 5) is 15.9. The molecule has 2 aromatic carbocycles. The molecule has 8 nitrogen and oxygen atoms in total. The molecule has 0 aliphatic rings. The fourth-order valence-electron chi connectivity index (χ4n) is 3.45. The minimum atomic E-state index is 0.0280. The normalized spacial score (nSPS) is 11.1. The highest BCUT2D eigenvalue weighted by Crippen LogP contribution is 2.27. The lowest BCUT2D eigenvalue weighted by molar-refractivity contribution is 0.101. The largest absolute Gasteiger partial charge is 0.497 e. The highest BCUT2D eigenvalue weighted by atomic mass is 16.5. The molecule has 0 spiro atoms. The maximum absolute atomic E-state index is 11.5. The Hall–Kier alpha value is -4.33. The lowest BCUT2D eigenvalue weighted by atomic mass is 10.1. The molecule has 0 N–H and O–H groups in total. The number of pyridine rings is 1. The quantitative estimate of drug-likeness (QED) is 0.378. The number of ether oxygens (including phenoxy) is 2. The average molecular weight is 425 g/mol. The molecule has 0 saturated carbocycles. The molecule has 8 heteroatoms. The molecule has 5 aromatic rings. The van der Waals surface area contributed by atoms with Crippen molar-refractivity contribution in [3.05, 3.63) is 78.2 Å². The fourth-order valence-corrected chi connectivity index (χ4v) is 3.45. The first kappa shape index (κ1) is 19.6. The van der Waals surface area contributed by atoms with Gasteiger partial charge in [-0.1, -0.05) is 24.3 Å². The van der Waals surface area contributed by atoms with Crippen LogP contribution in [0.15, 0.2) is 66.9 Å². The summed E-state index contributed by atoms with van der Waals surface area (Å²) in [6.07, 6.45) is 1.69. The number of aromatic nitrogens is 5. The van der Waals surface area contributed by atoms with Gasteiger partial charge in [-0.25, -0.2) is 0 Å². The zero-order chi connectivity index (χ0) is 22.1. The number of methoxy groups -OCH3 is 1. The molecule has 5 rings (SSSR count). The van der Waals surface area contributed by atoms with Gasteiger partial charge in [0.2, 0.25) is 0 Å². The Morgan fingerprint density at radius 2 is 1.84 bits per heavy atom. The van der Waals surface area contributed by atoms with Crippen LogP contribution in [0.5, 0.6) is 11.5 Å². The second-order valence-electron chi connectivity index (χ2n) is 7.22. The molecule has 158 valence electrons. The van der Waals surface area contributed by atoms with Crippen molar-refractivity contribution in [1.82, 2.24) is 24.8 Å². The third kappa shape index (κ3) is 3.62. The highest BCUT2D eigenvalue weighted by molar-refractivity contribution is 5.94. The summed E-state index contributed by atoms with van der Waals surface area (Å²) in [5.74, 6) is 2.02. The van der Waals surface area contributed by atoms with Gasteiger partial charge in [0, 0.05) is 28.8 Å². The summed E-state index contributed by atoms with van der Waals surface area (Å²) in [6.45, 7) is 1.73. The van der Waals surface area contributed by atoms with Gasteiger partial charge in [-0.05, 0) is 37.3 Å². The summed E-state index contributed by atoms with van der Waals surface area (Å²) in [7, 11) is 1.62. The Bertz CT molecular complexity index is 1440. The van der Waals surface area contributed by atoms with E-state index in [4.69, 9.17) is 9.47 Å². The Morgan fingerprint density at radius 1 is 1.00 bits per heavy atom. The number of fused-ring (bicyclic) bond motifs is 2. The highest BCUT2D eigenvalue weighted by Gasteiger charge is 2.12. The molecule has 0 bridgehead atoms. The van der Waals surface area contributed by atoms with Gasteiger partial charge in [0.1, 0.15) is 18.1 Å². The molecule has 0 aliphatic heterocycles. The first-order valence-corrected chi connectivity index (χ1v) is 10.0.